The number of aryl methyl sites for hydroxylation is 3. The minimum Gasteiger partial charge on any atom is -0.416 e. The average Bonchev–Trinajstić information content (AvgIpc) is 2.84. The number of nitro groups is 1. The Hall–Kier alpha value is -2.89. The zero-order valence-electron chi connectivity index (χ0n) is 12.5. The number of non-ortho nitro benzene ring substituents is 1. The summed E-state index contributed by atoms with van der Waals surface area (Å²) in [4.78, 5) is 14.8. The number of aromatic nitrogens is 1. The molecule has 6 nitrogen and oxygen atoms in total. The van der Waals surface area contributed by atoms with Gasteiger partial charge in [-0.25, -0.2) is 0 Å². The molecule has 1 N–H and O–H groups in total. The van der Waals surface area contributed by atoms with E-state index < -0.39 is 4.92 Å². The molecule has 0 atom stereocenters. The molecule has 0 radical (unpaired) electrons. The van der Waals surface area contributed by atoms with Gasteiger partial charge in [0.15, 0.2) is 0 Å². The molecule has 1 aromatic heterocycles. The van der Waals surface area contributed by atoms with Crippen LogP contribution in [0.25, 0.3) is 11.1 Å². The van der Waals surface area contributed by atoms with Crippen molar-refractivity contribution < 1.29 is 9.34 Å². The molecule has 0 saturated heterocycles. The molecule has 6 heteroatoms. The monoisotopic (exact) mass is 297 g/mol. The van der Waals surface area contributed by atoms with E-state index in [1.54, 1.807) is 12.1 Å². The van der Waals surface area contributed by atoms with E-state index in [4.69, 9.17) is 4.42 Å². The standard InChI is InChI=1S/C16H15N3O3/c1-9-7-10(2)14(11(3)8-9)18-16-17-12-5-4-6-13(19(20)21)15(12)22-16/h4-8H,1-3H3,(H,17,18). The van der Waals surface area contributed by atoms with Crippen LogP contribution in [0, 0.1) is 30.9 Å². The van der Waals surface area contributed by atoms with Crippen molar-refractivity contribution in [2.45, 2.75) is 20.8 Å². The van der Waals surface area contributed by atoms with Crippen molar-refractivity contribution in [1.29, 1.82) is 0 Å². The molecule has 2 aromatic carbocycles. The van der Waals surface area contributed by atoms with Crippen molar-refractivity contribution in [2.24, 2.45) is 0 Å². The molecular formula is C16H15N3O3. The first-order chi connectivity index (χ1) is 10.5. The van der Waals surface area contributed by atoms with Crippen LogP contribution in [-0.2, 0) is 0 Å². The van der Waals surface area contributed by atoms with Crippen LogP contribution >= 0.6 is 0 Å². The molecular weight excluding hydrogens is 282 g/mol. The number of para-hydroxylation sites is 1. The molecule has 3 aromatic rings. The zero-order valence-corrected chi connectivity index (χ0v) is 12.5. The van der Waals surface area contributed by atoms with Crippen LogP contribution in [-0.4, -0.2) is 9.91 Å². The third-order valence-corrected chi connectivity index (χ3v) is 3.50. The molecule has 0 unspecified atom stereocenters. The Morgan fingerprint density at radius 1 is 1.18 bits per heavy atom. The highest BCUT2D eigenvalue weighted by atomic mass is 16.6. The van der Waals surface area contributed by atoms with Gasteiger partial charge in [0.05, 0.1) is 4.92 Å². The molecule has 0 spiro atoms. The number of nitrogens with one attached hydrogen (secondary N) is 1. The van der Waals surface area contributed by atoms with Crippen LogP contribution in [0.15, 0.2) is 34.7 Å². The van der Waals surface area contributed by atoms with E-state index in [-0.39, 0.29) is 17.3 Å². The second-order valence-corrected chi connectivity index (χ2v) is 5.30. The van der Waals surface area contributed by atoms with Crippen LogP contribution in [0.1, 0.15) is 16.7 Å². The third-order valence-electron chi connectivity index (χ3n) is 3.50. The predicted octanol–water partition coefficient (Wildman–Crippen LogP) is 4.40. The summed E-state index contributed by atoms with van der Waals surface area (Å²) in [6.07, 6.45) is 0. The second kappa shape index (κ2) is 5.14. The first-order valence-electron chi connectivity index (χ1n) is 6.84. The van der Waals surface area contributed by atoms with Gasteiger partial charge in [0.25, 0.3) is 0 Å². The Labute approximate surface area is 126 Å². The van der Waals surface area contributed by atoms with E-state index in [9.17, 15) is 10.1 Å². The summed E-state index contributed by atoms with van der Waals surface area (Å²) < 4.78 is 5.54. The Kier molecular flexibility index (Phi) is 3.29. The van der Waals surface area contributed by atoms with E-state index in [0.29, 0.717) is 5.52 Å². The van der Waals surface area contributed by atoms with Crippen molar-refractivity contribution in [3.63, 3.8) is 0 Å². The largest absolute Gasteiger partial charge is 0.416 e. The normalized spacial score (nSPS) is 10.9. The van der Waals surface area contributed by atoms with E-state index in [1.165, 1.54) is 11.6 Å². The summed E-state index contributed by atoms with van der Waals surface area (Å²) in [6.45, 7) is 6.02. The summed E-state index contributed by atoms with van der Waals surface area (Å²) in [5.41, 5.74) is 4.75. The number of nitro benzene ring substituents is 1. The minimum absolute atomic E-state index is 0.0876. The molecule has 0 aliphatic rings. The molecule has 1 heterocycles. The first-order valence-corrected chi connectivity index (χ1v) is 6.84. The lowest BCUT2D eigenvalue weighted by atomic mass is 10.1. The minimum atomic E-state index is -0.473. The third kappa shape index (κ3) is 2.39. The Morgan fingerprint density at radius 2 is 1.86 bits per heavy atom. The molecule has 3 rings (SSSR count). The van der Waals surface area contributed by atoms with Gasteiger partial charge in [-0.05, 0) is 38.0 Å². The summed E-state index contributed by atoms with van der Waals surface area (Å²) in [5.74, 6) is 0. The smallest absolute Gasteiger partial charge is 0.313 e. The molecule has 0 amide bonds. The fraction of sp³-hybridized carbons (Fsp3) is 0.188. The maximum absolute atomic E-state index is 11.0. The van der Waals surface area contributed by atoms with Crippen molar-refractivity contribution in [3.05, 3.63) is 57.1 Å². The molecule has 0 saturated carbocycles. The fourth-order valence-corrected chi connectivity index (χ4v) is 2.62. The van der Waals surface area contributed by atoms with Gasteiger partial charge < -0.3 is 9.73 Å². The maximum atomic E-state index is 11.0. The SMILES string of the molecule is Cc1cc(C)c(Nc2nc3cccc([N+](=O)[O-])c3o2)c(C)c1. The van der Waals surface area contributed by atoms with Gasteiger partial charge >= 0.3 is 11.7 Å². The molecule has 0 bridgehead atoms. The number of hydrogen-bond acceptors (Lipinski definition) is 5. The number of oxazole rings is 1. The lowest BCUT2D eigenvalue weighted by Gasteiger charge is -2.10. The second-order valence-electron chi connectivity index (χ2n) is 5.30. The van der Waals surface area contributed by atoms with Gasteiger partial charge in [-0.1, -0.05) is 23.8 Å². The highest BCUT2D eigenvalue weighted by Gasteiger charge is 2.18. The summed E-state index contributed by atoms with van der Waals surface area (Å²) in [5, 5.41) is 14.1. The highest BCUT2D eigenvalue weighted by molar-refractivity contribution is 5.84. The number of hydrogen-bond donors (Lipinski definition) is 1. The summed E-state index contributed by atoms with van der Waals surface area (Å²) in [7, 11) is 0. The molecule has 22 heavy (non-hydrogen) atoms. The number of rotatable bonds is 3. The van der Waals surface area contributed by atoms with E-state index in [0.717, 1.165) is 16.8 Å². The van der Waals surface area contributed by atoms with E-state index >= 15 is 0 Å². The lowest BCUT2D eigenvalue weighted by molar-refractivity contribution is -0.383. The Balaban J connectivity index is 2.06. The van der Waals surface area contributed by atoms with Crippen molar-refractivity contribution in [3.8, 4) is 0 Å². The molecule has 0 aliphatic carbocycles. The molecule has 112 valence electrons. The van der Waals surface area contributed by atoms with Gasteiger partial charge in [-0.15, -0.1) is 0 Å². The summed E-state index contributed by atoms with van der Waals surface area (Å²) in [6, 6.07) is 9.04. The van der Waals surface area contributed by atoms with Crippen LogP contribution < -0.4 is 5.32 Å². The van der Waals surface area contributed by atoms with Crippen LogP contribution in [0.2, 0.25) is 0 Å². The van der Waals surface area contributed by atoms with Crippen LogP contribution in [0.3, 0.4) is 0 Å². The van der Waals surface area contributed by atoms with Gasteiger partial charge in [0.2, 0.25) is 5.58 Å². The van der Waals surface area contributed by atoms with Gasteiger partial charge in [-0.3, -0.25) is 10.1 Å². The zero-order chi connectivity index (χ0) is 15.9. The van der Waals surface area contributed by atoms with Gasteiger partial charge in [-0.2, -0.15) is 4.98 Å². The van der Waals surface area contributed by atoms with Gasteiger partial charge in [0, 0.05) is 11.8 Å². The molecule has 0 aliphatic heterocycles. The Morgan fingerprint density at radius 3 is 2.50 bits per heavy atom. The number of fused-ring (bicyclic) bond motifs is 1. The number of anilines is 2. The first kappa shape index (κ1) is 14.1. The number of benzene rings is 2. The van der Waals surface area contributed by atoms with Crippen molar-refractivity contribution in [1.82, 2.24) is 4.98 Å². The highest BCUT2D eigenvalue weighted by Crippen LogP contribution is 2.31. The summed E-state index contributed by atoms with van der Waals surface area (Å²) >= 11 is 0. The topological polar surface area (TPSA) is 81.2 Å². The maximum Gasteiger partial charge on any atom is 0.313 e. The average molecular weight is 297 g/mol. The van der Waals surface area contributed by atoms with E-state index in [1.807, 2.05) is 20.8 Å². The van der Waals surface area contributed by atoms with Crippen molar-refractivity contribution >= 4 is 28.5 Å². The van der Waals surface area contributed by atoms with Crippen molar-refractivity contribution in [2.75, 3.05) is 5.32 Å². The van der Waals surface area contributed by atoms with Gasteiger partial charge in [0.1, 0.15) is 5.52 Å². The van der Waals surface area contributed by atoms with Crippen LogP contribution in [0.4, 0.5) is 17.4 Å². The predicted molar refractivity (Wildman–Crippen MR) is 84.6 cm³/mol. The quantitative estimate of drug-likeness (QED) is 0.572. The lowest BCUT2D eigenvalue weighted by Crippen LogP contribution is -1.97. The Bertz CT molecular complexity index is 860. The number of nitrogens with zero attached hydrogens (tertiary/aromatic N) is 2. The van der Waals surface area contributed by atoms with E-state index in [2.05, 4.69) is 22.4 Å². The van der Waals surface area contributed by atoms with Crippen LogP contribution in [0.5, 0.6) is 0 Å². The fourth-order valence-electron chi connectivity index (χ4n) is 2.62. The molecule has 0 fully saturated rings.